The van der Waals surface area contributed by atoms with Crippen molar-refractivity contribution in [1.82, 2.24) is 4.90 Å². The van der Waals surface area contributed by atoms with E-state index in [1.807, 2.05) is 13.8 Å². The van der Waals surface area contributed by atoms with Gasteiger partial charge in [0.05, 0.1) is 0 Å². The van der Waals surface area contributed by atoms with E-state index in [0.29, 0.717) is 0 Å². The molecule has 1 aliphatic heterocycles. The molecule has 1 heterocycles. The molecule has 0 aromatic carbocycles. The highest BCUT2D eigenvalue weighted by atomic mass is 15.3. The molecule has 1 heteroatoms. The highest BCUT2D eigenvalue weighted by molar-refractivity contribution is 5.26. The number of hydrogen-bond donors (Lipinski definition) is 0. The lowest BCUT2D eigenvalue weighted by Crippen LogP contribution is -2.64. The summed E-state index contributed by atoms with van der Waals surface area (Å²) in [6.07, 6.45) is 0. The fraction of sp³-hybridized carbons (Fsp3) is 0.818. The van der Waals surface area contributed by atoms with Crippen molar-refractivity contribution in [3.05, 3.63) is 12.3 Å². The van der Waals surface area contributed by atoms with E-state index < -0.39 is 0 Å². The first kappa shape index (κ1) is 11.5. The summed E-state index contributed by atoms with van der Waals surface area (Å²) >= 11 is 0. The van der Waals surface area contributed by atoms with Crippen LogP contribution in [0.5, 0.6) is 0 Å². The fourth-order valence-corrected chi connectivity index (χ4v) is 1.48. The minimum absolute atomic E-state index is 0.280. The van der Waals surface area contributed by atoms with Crippen LogP contribution >= 0.6 is 0 Å². The van der Waals surface area contributed by atoms with E-state index in [4.69, 9.17) is 0 Å². The first-order valence-corrected chi connectivity index (χ1v) is 4.75. The van der Waals surface area contributed by atoms with Gasteiger partial charge in [0.15, 0.2) is 0 Å². The number of likely N-dealkylation sites (tertiary alicyclic amines) is 1. The van der Waals surface area contributed by atoms with E-state index in [9.17, 15) is 0 Å². The van der Waals surface area contributed by atoms with Gasteiger partial charge in [0, 0.05) is 23.7 Å². The predicted molar refractivity (Wildman–Crippen MR) is 56.1 cm³/mol. The van der Waals surface area contributed by atoms with Crippen molar-refractivity contribution in [2.24, 2.45) is 5.41 Å². The third-order valence-electron chi connectivity index (χ3n) is 3.49. The van der Waals surface area contributed by atoms with Gasteiger partial charge in [-0.1, -0.05) is 34.3 Å². The van der Waals surface area contributed by atoms with Crippen LogP contribution in [0.1, 0.15) is 41.5 Å². The van der Waals surface area contributed by atoms with Crippen molar-refractivity contribution in [3.63, 3.8) is 0 Å². The monoisotopic (exact) mass is 169 g/mol. The molecule has 0 spiro atoms. The first-order valence-electron chi connectivity index (χ1n) is 4.75. The Balaban J connectivity index is 0.000000561. The lowest BCUT2D eigenvalue weighted by Gasteiger charge is -2.62. The number of hydrogen-bond acceptors (Lipinski definition) is 1. The molecular weight excluding hydrogens is 146 g/mol. The largest absolute Gasteiger partial charge is 0.372 e. The van der Waals surface area contributed by atoms with Crippen LogP contribution in [-0.4, -0.2) is 17.5 Å². The molecule has 0 saturated carbocycles. The molecule has 0 aromatic rings. The molecule has 1 fully saturated rings. The summed E-state index contributed by atoms with van der Waals surface area (Å²) in [6.45, 7) is 17.0. The Labute approximate surface area is 77.5 Å². The highest BCUT2D eigenvalue weighted by Gasteiger charge is 2.53. The molecule has 1 aliphatic rings. The van der Waals surface area contributed by atoms with E-state index in [1.165, 1.54) is 5.70 Å². The Bertz CT molecular complexity index is 177. The van der Waals surface area contributed by atoms with Crippen LogP contribution in [0.4, 0.5) is 0 Å². The lowest BCUT2D eigenvalue weighted by molar-refractivity contribution is -0.0358. The summed E-state index contributed by atoms with van der Waals surface area (Å²) in [5, 5.41) is 0. The summed E-state index contributed by atoms with van der Waals surface area (Å²) in [5.74, 6) is 0. The minimum Gasteiger partial charge on any atom is -0.372 e. The maximum absolute atomic E-state index is 4.02. The van der Waals surface area contributed by atoms with Gasteiger partial charge in [0.2, 0.25) is 0 Å². The molecule has 0 amide bonds. The van der Waals surface area contributed by atoms with Crippen LogP contribution in [0.15, 0.2) is 12.3 Å². The van der Waals surface area contributed by atoms with Crippen LogP contribution < -0.4 is 0 Å². The van der Waals surface area contributed by atoms with Crippen LogP contribution in [0, 0.1) is 5.41 Å². The molecule has 0 aliphatic carbocycles. The number of rotatable bonds is 0. The summed E-state index contributed by atoms with van der Waals surface area (Å²) in [6, 6.07) is 0. The van der Waals surface area contributed by atoms with Crippen molar-refractivity contribution in [2.45, 2.75) is 47.1 Å². The summed E-state index contributed by atoms with van der Waals surface area (Å²) in [5.41, 5.74) is 1.81. The third kappa shape index (κ3) is 1.16. The molecule has 0 radical (unpaired) electrons. The Hall–Kier alpha value is -0.460. The van der Waals surface area contributed by atoms with Crippen molar-refractivity contribution < 1.29 is 0 Å². The second-order valence-corrected chi connectivity index (χ2v) is 4.19. The van der Waals surface area contributed by atoms with Gasteiger partial charge in [-0.05, 0) is 13.8 Å². The molecule has 12 heavy (non-hydrogen) atoms. The van der Waals surface area contributed by atoms with Gasteiger partial charge < -0.3 is 4.90 Å². The SMILES string of the molecule is C=C1N(C)C(C)(C)C1(C)C.CC. The van der Waals surface area contributed by atoms with Gasteiger partial charge in [-0.25, -0.2) is 0 Å². The lowest BCUT2D eigenvalue weighted by atomic mass is 9.63. The molecule has 0 atom stereocenters. The summed E-state index contributed by atoms with van der Waals surface area (Å²) < 4.78 is 0. The molecule has 0 aromatic heterocycles. The van der Waals surface area contributed by atoms with Gasteiger partial charge in [-0.3, -0.25) is 0 Å². The molecule has 1 rings (SSSR count). The Morgan fingerprint density at radius 2 is 1.42 bits per heavy atom. The van der Waals surface area contributed by atoms with Crippen LogP contribution in [0.25, 0.3) is 0 Å². The standard InChI is InChI=1S/C9H17N.C2H6/c1-7-8(2,3)9(4,5)10(7)6;1-2/h1H2,2-6H3;1-2H3. The summed E-state index contributed by atoms with van der Waals surface area (Å²) in [7, 11) is 2.10. The van der Waals surface area contributed by atoms with Crippen LogP contribution in [0.3, 0.4) is 0 Å². The third-order valence-corrected chi connectivity index (χ3v) is 3.49. The highest BCUT2D eigenvalue weighted by Crippen LogP contribution is 2.52. The van der Waals surface area contributed by atoms with E-state index in [0.717, 1.165) is 0 Å². The zero-order valence-electron chi connectivity index (χ0n) is 9.65. The second-order valence-electron chi connectivity index (χ2n) is 4.19. The molecule has 0 unspecified atom stereocenters. The van der Waals surface area contributed by atoms with Gasteiger partial charge in [-0.2, -0.15) is 0 Å². The molecule has 1 nitrogen and oxygen atoms in total. The van der Waals surface area contributed by atoms with E-state index >= 15 is 0 Å². The Kier molecular flexibility index (Phi) is 3.00. The maximum Gasteiger partial charge on any atom is 0.0444 e. The Morgan fingerprint density at radius 1 is 1.08 bits per heavy atom. The smallest absolute Gasteiger partial charge is 0.0444 e. The molecule has 1 saturated heterocycles. The van der Waals surface area contributed by atoms with Crippen LogP contribution in [-0.2, 0) is 0 Å². The topological polar surface area (TPSA) is 3.24 Å². The van der Waals surface area contributed by atoms with Crippen molar-refractivity contribution >= 4 is 0 Å². The minimum atomic E-state index is 0.280. The maximum atomic E-state index is 4.02. The molecule has 0 N–H and O–H groups in total. The van der Waals surface area contributed by atoms with Gasteiger partial charge >= 0.3 is 0 Å². The zero-order chi connectivity index (χ0) is 10.2. The van der Waals surface area contributed by atoms with E-state index in [2.05, 4.69) is 46.2 Å². The normalized spacial score (nSPS) is 23.9. The average molecular weight is 169 g/mol. The first-order chi connectivity index (χ1) is 5.32. The zero-order valence-corrected chi connectivity index (χ0v) is 9.65. The average Bonchev–Trinajstić information content (AvgIpc) is 2.05. The van der Waals surface area contributed by atoms with Gasteiger partial charge in [0.25, 0.3) is 0 Å². The van der Waals surface area contributed by atoms with Crippen molar-refractivity contribution in [2.75, 3.05) is 7.05 Å². The predicted octanol–water partition coefficient (Wildman–Crippen LogP) is 3.28. The van der Waals surface area contributed by atoms with E-state index in [-0.39, 0.29) is 11.0 Å². The van der Waals surface area contributed by atoms with E-state index in [1.54, 1.807) is 0 Å². The molecular formula is C11H23N. The quantitative estimate of drug-likeness (QED) is 0.538. The molecule has 0 bridgehead atoms. The molecule has 72 valence electrons. The Morgan fingerprint density at radius 3 is 1.50 bits per heavy atom. The van der Waals surface area contributed by atoms with Gasteiger partial charge in [0.1, 0.15) is 0 Å². The van der Waals surface area contributed by atoms with Crippen molar-refractivity contribution in [1.29, 1.82) is 0 Å². The van der Waals surface area contributed by atoms with Crippen LogP contribution in [0.2, 0.25) is 0 Å². The number of nitrogens with zero attached hydrogens (tertiary/aromatic N) is 1. The second kappa shape index (κ2) is 3.12. The fourth-order valence-electron chi connectivity index (χ4n) is 1.48. The van der Waals surface area contributed by atoms with Crippen molar-refractivity contribution in [3.8, 4) is 0 Å². The van der Waals surface area contributed by atoms with Gasteiger partial charge in [-0.15, -0.1) is 0 Å². The summed E-state index contributed by atoms with van der Waals surface area (Å²) in [4.78, 5) is 2.24.